The second-order valence-electron chi connectivity index (χ2n) is 7.51. The van der Waals surface area contributed by atoms with Gasteiger partial charge in [-0.25, -0.2) is 12.4 Å². The summed E-state index contributed by atoms with van der Waals surface area (Å²) in [4.78, 5) is 0.324. The predicted molar refractivity (Wildman–Crippen MR) is 112 cm³/mol. The summed E-state index contributed by atoms with van der Waals surface area (Å²) in [5.74, 6) is 0.769. The van der Waals surface area contributed by atoms with E-state index in [1.165, 1.54) is 20.7 Å². The van der Waals surface area contributed by atoms with E-state index in [4.69, 9.17) is 0 Å². The van der Waals surface area contributed by atoms with Gasteiger partial charge in [0.15, 0.2) is 0 Å². The maximum absolute atomic E-state index is 13.3. The first-order valence-electron chi connectivity index (χ1n) is 9.60. The van der Waals surface area contributed by atoms with Crippen molar-refractivity contribution in [3.05, 3.63) is 71.4 Å². The fourth-order valence-electron chi connectivity index (χ4n) is 4.45. The lowest BCUT2D eigenvalue weighted by Crippen LogP contribution is -2.13. The third-order valence-electron chi connectivity index (χ3n) is 5.58. The molecule has 1 aromatic heterocycles. The average molecular weight is 380 g/mol. The highest BCUT2D eigenvalue weighted by Gasteiger charge is 2.32. The SMILES string of the molecule is CC/C=C/c1cc2ccn(S(=O)(=O)c3ccccc3)c2c2c1[C@H](C)C[C@H]2C. The molecular weight excluding hydrogens is 354 g/mol. The van der Waals surface area contributed by atoms with Crippen LogP contribution < -0.4 is 0 Å². The molecule has 0 N–H and O–H groups in total. The highest BCUT2D eigenvalue weighted by Crippen LogP contribution is 2.47. The molecule has 4 heteroatoms. The van der Waals surface area contributed by atoms with Gasteiger partial charge in [0.1, 0.15) is 0 Å². The van der Waals surface area contributed by atoms with Crippen LogP contribution in [-0.4, -0.2) is 12.4 Å². The maximum atomic E-state index is 13.3. The molecule has 3 nitrogen and oxygen atoms in total. The van der Waals surface area contributed by atoms with Gasteiger partial charge in [-0.1, -0.05) is 51.1 Å². The van der Waals surface area contributed by atoms with Crippen molar-refractivity contribution < 1.29 is 8.42 Å². The quantitative estimate of drug-likeness (QED) is 0.565. The summed E-state index contributed by atoms with van der Waals surface area (Å²) in [6.45, 7) is 6.59. The van der Waals surface area contributed by atoms with Crippen molar-refractivity contribution in [3.8, 4) is 0 Å². The van der Waals surface area contributed by atoms with Crippen LogP contribution in [0.3, 0.4) is 0 Å². The van der Waals surface area contributed by atoms with E-state index in [-0.39, 0.29) is 0 Å². The Balaban J connectivity index is 2.03. The van der Waals surface area contributed by atoms with Gasteiger partial charge in [0, 0.05) is 11.6 Å². The summed E-state index contributed by atoms with van der Waals surface area (Å²) in [5, 5.41) is 0.991. The van der Waals surface area contributed by atoms with Crippen LogP contribution in [0.5, 0.6) is 0 Å². The minimum atomic E-state index is -3.62. The molecule has 0 radical (unpaired) electrons. The van der Waals surface area contributed by atoms with Crippen molar-refractivity contribution in [2.75, 3.05) is 0 Å². The number of rotatable bonds is 4. The van der Waals surface area contributed by atoms with Gasteiger partial charge in [-0.3, -0.25) is 0 Å². The van der Waals surface area contributed by atoms with Crippen molar-refractivity contribution in [2.45, 2.75) is 50.3 Å². The summed E-state index contributed by atoms with van der Waals surface area (Å²) in [6, 6.07) is 12.8. The Labute approximate surface area is 161 Å². The summed E-state index contributed by atoms with van der Waals surface area (Å²) in [5.41, 5.74) is 4.58. The molecule has 1 aliphatic carbocycles. The lowest BCUT2D eigenvalue weighted by atomic mass is 9.94. The Hall–Kier alpha value is -2.33. The normalized spacial score (nSPS) is 19.8. The molecular formula is C23H25NO2S. The molecule has 27 heavy (non-hydrogen) atoms. The van der Waals surface area contributed by atoms with Gasteiger partial charge >= 0.3 is 0 Å². The van der Waals surface area contributed by atoms with Crippen molar-refractivity contribution in [1.29, 1.82) is 0 Å². The van der Waals surface area contributed by atoms with Crippen LogP contribution in [0.25, 0.3) is 17.0 Å². The molecule has 0 saturated heterocycles. The molecule has 0 fully saturated rings. The van der Waals surface area contributed by atoms with Crippen LogP contribution in [0, 0.1) is 0 Å². The molecule has 0 amide bonds. The lowest BCUT2D eigenvalue weighted by molar-refractivity contribution is 0.589. The molecule has 140 valence electrons. The van der Waals surface area contributed by atoms with E-state index < -0.39 is 10.0 Å². The van der Waals surface area contributed by atoms with Gasteiger partial charge in [0.05, 0.1) is 10.4 Å². The second-order valence-corrected chi connectivity index (χ2v) is 9.32. The number of aromatic nitrogens is 1. The Morgan fingerprint density at radius 1 is 1.07 bits per heavy atom. The van der Waals surface area contributed by atoms with Crippen LogP contribution in [0.4, 0.5) is 0 Å². The zero-order valence-electron chi connectivity index (χ0n) is 16.0. The molecule has 2 aromatic carbocycles. The number of benzene rings is 2. The Morgan fingerprint density at radius 3 is 2.48 bits per heavy atom. The van der Waals surface area contributed by atoms with Gasteiger partial charge < -0.3 is 0 Å². The van der Waals surface area contributed by atoms with Crippen molar-refractivity contribution in [1.82, 2.24) is 3.97 Å². The Bertz CT molecular complexity index is 1120. The summed E-state index contributed by atoms with van der Waals surface area (Å²) < 4.78 is 28.1. The molecule has 0 aliphatic heterocycles. The van der Waals surface area contributed by atoms with Gasteiger partial charge in [-0.05, 0) is 65.6 Å². The number of fused-ring (bicyclic) bond motifs is 3. The minimum Gasteiger partial charge on any atom is -0.241 e. The molecule has 4 rings (SSSR count). The minimum absolute atomic E-state index is 0.324. The molecule has 0 unspecified atom stereocenters. The van der Waals surface area contributed by atoms with Crippen LogP contribution in [-0.2, 0) is 10.0 Å². The second kappa shape index (κ2) is 6.68. The third kappa shape index (κ3) is 2.83. The number of nitrogens with zero attached hydrogens (tertiary/aromatic N) is 1. The highest BCUT2D eigenvalue weighted by atomic mass is 32.2. The zero-order valence-corrected chi connectivity index (χ0v) is 16.8. The monoisotopic (exact) mass is 379 g/mol. The van der Waals surface area contributed by atoms with Crippen LogP contribution in [0.2, 0.25) is 0 Å². The largest absolute Gasteiger partial charge is 0.268 e. The average Bonchev–Trinajstić information content (AvgIpc) is 3.21. The Kier molecular flexibility index (Phi) is 4.47. The van der Waals surface area contributed by atoms with Crippen LogP contribution >= 0.6 is 0 Å². The topological polar surface area (TPSA) is 39.1 Å². The molecule has 1 aliphatic rings. The molecule has 0 bridgehead atoms. The first-order valence-corrected chi connectivity index (χ1v) is 11.0. The van der Waals surface area contributed by atoms with Gasteiger partial charge in [0.2, 0.25) is 0 Å². The maximum Gasteiger partial charge on any atom is 0.268 e. The molecule has 0 saturated carbocycles. The molecule has 1 heterocycles. The summed E-state index contributed by atoms with van der Waals surface area (Å²) >= 11 is 0. The lowest BCUT2D eigenvalue weighted by Gasteiger charge is -2.15. The van der Waals surface area contributed by atoms with Gasteiger partial charge in [0.25, 0.3) is 10.0 Å². The fourth-order valence-corrected chi connectivity index (χ4v) is 5.85. The predicted octanol–water partition coefficient (Wildman–Crippen LogP) is 5.91. The van der Waals surface area contributed by atoms with E-state index >= 15 is 0 Å². The molecule has 0 spiro atoms. The van der Waals surface area contributed by atoms with E-state index in [0.29, 0.717) is 16.7 Å². The summed E-state index contributed by atoms with van der Waals surface area (Å²) in [7, 11) is -3.62. The summed E-state index contributed by atoms with van der Waals surface area (Å²) in [6.07, 6.45) is 8.11. The van der Waals surface area contributed by atoms with E-state index in [2.05, 4.69) is 39.0 Å². The first-order chi connectivity index (χ1) is 12.9. The number of hydrogen-bond acceptors (Lipinski definition) is 2. The van der Waals surface area contributed by atoms with E-state index in [1.807, 2.05) is 12.1 Å². The fraction of sp³-hybridized carbons (Fsp3) is 0.304. The first kappa shape index (κ1) is 18.1. The number of allylic oxidation sites excluding steroid dienone is 1. The van der Waals surface area contributed by atoms with Gasteiger partial charge in [-0.2, -0.15) is 0 Å². The zero-order chi connectivity index (χ0) is 19.2. The number of hydrogen-bond donors (Lipinski definition) is 0. The van der Waals surface area contributed by atoms with Crippen molar-refractivity contribution in [2.24, 2.45) is 0 Å². The van der Waals surface area contributed by atoms with Crippen LogP contribution in [0.1, 0.15) is 62.1 Å². The molecule has 2 atom stereocenters. The van der Waals surface area contributed by atoms with Crippen LogP contribution in [0.15, 0.2) is 59.6 Å². The van der Waals surface area contributed by atoms with Crippen molar-refractivity contribution in [3.63, 3.8) is 0 Å². The molecule has 3 aromatic rings. The van der Waals surface area contributed by atoms with Gasteiger partial charge in [-0.15, -0.1) is 0 Å². The standard InChI is InChI=1S/C23H25NO2S/c1-4-5-9-18-15-19-12-13-24(27(25,26)20-10-7-6-8-11-20)23(19)22-17(3)14-16(2)21(18)22/h5-13,15-17H,4,14H2,1-3H3/b9-5+/t16-,17-/m1/s1. The van der Waals surface area contributed by atoms with E-state index in [9.17, 15) is 8.42 Å². The Morgan fingerprint density at radius 2 is 1.78 bits per heavy atom. The smallest absolute Gasteiger partial charge is 0.241 e. The highest BCUT2D eigenvalue weighted by molar-refractivity contribution is 7.90. The van der Waals surface area contributed by atoms with E-state index in [1.54, 1.807) is 30.5 Å². The third-order valence-corrected chi connectivity index (χ3v) is 7.27. The van der Waals surface area contributed by atoms with E-state index in [0.717, 1.165) is 23.7 Å². The van der Waals surface area contributed by atoms with Crippen molar-refractivity contribution >= 4 is 27.0 Å².